The van der Waals surface area contributed by atoms with E-state index in [9.17, 15) is 22.8 Å². The topological polar surface area (TPSA) is 113 Å². The number of sulfonamides is 1. The number of nitrogens with zero attached hydrogens (tertiary/aromatic N) is 2. The Labute approximate surface area is 186 Å². The molecule has 1 fully saturated rings. The minimum absolute atomic E-state index is 0.106. The Morgan fingerprint density at radius 2 is 1.84 bits per heavy atom. The summed E-state index contributed by atoms with van der Waals surface area (Å²) in [4.78, 5) is 38.7. The van der Waals surface area contributed by atoms with Crippen molar-refractivity contribution in [3.8, 4) is 0 Å². The second kappa shape index (κ2) is 8.71. The van der Waals surface area contributed by atoms with Crippen LogP contribution >= 0.6 is 0 Å². The van der Waals surface area contributed by atoms with Gasteiger partial charge < -0.3 is 10.1 Å². The standard InChI is InChI=1S/C22H23N3O6S/c1-15-8-10-16(11-9-15)32(29,30)25-12-4-7-19(25)22(28)31-14-21(27)24-13-20(26)23-17-5-2-3-6-18(17)24/h2-3,5-6,8-11,19H,4,7,12-14H2,1H3,(H,23,26). The molecule has 2 aliphatic heterocycles. The van der Waals surface area contributed by atoms with Crippen molar-refractivity contribution in [3.63, 3.8) is 0 Å². The first kappa shape index (κ1) is 22.0. The van der Waals surface area contributed by atoms with E-state index in [4.69, 9.17) is 4.74 Å². The van der Waals surface area contributed by atoms with Gasteiger partial charge in [0.1, 0.15) is 12.6 Å². The molecule has 0 bridgehead atoms. The van der Waals surface area contributed by atoms with E-state index in [1.54, 1.807) is 36.4 Å². The number of anilines is 2. The third kappa shape index (κ3) is 4.23. The van der Waals surface area contributed by atoms with Crippen LogP contribution in [0.4, 0.5) is 11.4 Å². The molecule has 0 aliphatic carbocycles. The zero-order chi connectivity index (χ0) is 22.9. The summed E-state index contributed by atoms with van der Waals surface area (Å²) in [6.45, 7) is 1.28. The van der Waals surface area contributed by atoms with Crippen LogP contribution in [0.5, 0.6) is 0 Å². The van der Waals surface area contributed by atoms with Gasteiger partial charge in [0.25, 0.3) is 5.91 Å². The molecule has 2 aromatic carbocycles. The molecule has 1 N–H and O–H groups in total. The van der Waals surface area contributed by atoms with Crippen LogP contribution in [0.2, 0.25) is 0 Å². The zero-order valence-electron chi connectivity index (χ0n) is 17.5. The maximum absolute atomic E-state index is 13.0. The fraction of sp³-hybridized carbons (Fsp3) is 0.318. The molecule has 2 amide bonds. The van der Waals surface area contributed by atoms with Gasteiger partial charge in [-0.3, -0.25) is 19.3 Å². The molecule has 9 nitrogen and oxygen atoms in total. The molecule has 2 aromatic rings. The summed E-state index contributed by atoms with van der Waals surface area (Å²) >= 11 is 0. The van der Waals surface area contributed by atoms with Crippen molar-refractivity contribution in [3.05, 3.63) is 54.1 Å². The number of esters is 1. The number of hydrogen-bond acceptors (Lipinski definition) is 6. The highest BCUT2D eigenvalue weighted by molar-refractivity contribution is 7.89. The van der Waals surface area contributed by atoms with Crippen molar-refractivity contribution < 1.29 is 27.5 Å². The molecule has 4 rings (SSSR count). The molecule has 10 heteroatoms. The van der Waals surface area contributed by atoms with Crippen molar-refractivity contribution in [2.45, 2.75) is 30.7 Å². The quantitative estimate of drug-likeness (QED) is 0.684. The lowest BCUT2D eigenvalue weighted by Gasteiger charge is -2.29. The van der Waals surface area contributed by atoms with Gasteiger partial charge in [0.2, 0.25) is 15.9 Å². The number of para-hydroxylation sites is 2. The van der Waals surface area contributed by atoms with Crippen molar-refractivity contribution in [2.75, 3.05) is 29.9 Å². The van der Waals surface area contributed by atoms with E-state index in [0.717, 1.165) is 9.87 Å². The smallest absolute Gasteiger partial charge is 0.324 e. The Kier molecular flexibility index (Phi) is 5.98. The van der Waals surface area contributed by atoms with Crippen molar-refractivity contribution >= 4 is 39.2 Å². The van der Waals surface area contributed by atoms with E-state index >= 15 is 0 Å². The molecule has 168 valence electrons. The predicted molar refractivity (Wildman–Crippen MR) is 116 cm³/mol. The number of ether oxygens (including phenoxy) is 1. The first-order valence-corrected chi connectivity index (χ1v) is 11.7. The number of nitrogens with one attached hydrogen (secondary N) is 1. The number of hydrogen-bond donors (Lipinski definition) is 1. The maximum Gasteiger partial charge on any atom is 0.324 e. The van der Waals surface area contributed by atoms with Crippen LogP contribution < -0.4 is 10.2 Å². The third-order valence-electron chi connectivity index (χ3n) is 5.51. The van der Waals surface area contributed by atoms with Gasteiger partial charge in [-0.15, -0.1) is 0 Å². The van der Waals surface area contributed by atoms with E-state index < -0.39 is 34.5 Å². The van der Waals surface area contributed by atoms with Crippen LogP contribution in [-0.2, 0) is 29.1 Å². The molecule has 1 atom stereocenters. The summed E-state index contributed by atoms with van der Waals surface area (Å²) in [5.41, 5.74) is 1.93. The zero-order valence-corrected chi connectivity index (χ0v) is 18.3. The van der Waals surface area contributed by atoms with Gasteiger partial charge in [0.05, 0.1) is 16.3 Å². The van der Waals surface area contributed by atoms with Crippen molar-refractivity contribution in [1.82, 2.24) is 4.31 Å². The molecule has 0 spiro atoms. The lowest BCUT2D eigenvalue weighted by Crippen LogP contribution is -2.45. The van der Waals surface area contributed by atoms with Crippen LogP contribution in [0.15, 0.2) is 53.4 Å². The number of amides is 2. The van der Waals surface area contributed by atoms with Crippen molar-refractivity contribution in [1.29, 1.82) is 0 Å². The summed E-state index contributed by atoms with van der Waals surface area (Å²) in [7, 11) is -3.87. The van der Waals surface area contributed by atoms with Crippen LogP contribution in [0.1, 0.15) is 18.4 Å². The second-order valence-corrected chi connectivity index (χ2v) is 9.63. The first-order chi connectivity index (χ1) is 15.3. The highest BCUT2D eigenvalue weighted by Gasteiger charge is 2.40. The van der Waals surface area contributed by atoms with Gasteiger partial charge >= 0.3 is 5.97 Å². The predicted octanol–water partition coefficient (Wildman–Crippen LogP) is 1.68. The highest BCUT2D eigenvalue weighted by atomic mass is 32.2. The van der Waals surface area contributed by atoms with Crippen LogP contribution in [0.3, 0.4) is 0 Å². The summed E-state index contributed by atoms with van der Waals surface area (Å²) in [5, 5.41) is 2.68. The van der Waals surface area contributed by atoms with Gasteiger partial charge in [0, 0.05) is 6.54 Å². The molecule has 0 radical (unpaired) electrons. The minimum Gasteiger partial charge on any atom is -0.454 e. The SMILES string of the molecule is Cc1ccc(S(=O)(=O)N2CCCC2C(=O)OCC(=O)N2CC(=O)Nc3ccccc32)cc1. The monoisotopic (exact) mass is 457 g/mol. The van der Waals surface area contributed by atoms with E-state index in [-0.39, 0.29) is 23.9 Å². The Morgan fingerprint density at radius 3 is 2.59 bits per heavy atom. The fourth-order valence-corrected chi connectivity index (χ4v) is 5.52. The summed E-state index contributed by atoms with van der Waals surface area (Å²) in [5.74, 6) is -1.69. The maximum atomic E-state index is 13.0. The second-order valence-electron chi connectivity index (χ2n) is 7.74. The van der Waals surface area contributed by atoms with E-state index in [2.05, 4.69) is 5.32 Å². The number of carbonyl (C=O) groups is 3. The van der Waals surface area contributed by atoms with Gasteiger partial charge in [-0.25, -0.2) is 8.42 Å². The number of aryl methyl sites for hydroxylation is 1. The van der Waals surface area contributed by atoms with Gasteiger partial charge in [-0.2, -0.15) is 4.31 Å². The highest BCUT2D eigenvalue weighted by Crippen LogP contribution is 2.30. The van der Waals surface area contributed by atoms with Crippen LogP contribution in [0, 0.1) is 6.92 Å². The molecular weight excluding hydrogens is 434 g/mol. The Bertz CT molecular complexity index is 1160. The molecule has 1 saturated heterocycles. The van der Waals surface area contributed by atoms with Crippen LogP contribution in [0.25, 0.3) is 0 Å². The summed E-state index contributed by atoms with van der Waals surface area (Å²) < 4.78 is 32.4. The fourth-order valence-electron chi connectivity index (χ4n) is 3.87. The largest absolute Gasteiger partial charge is 0.454 e. The number of benzene rings is 2. The van der Waals surface area contributed by atoms with Crippen LogP contribution in [-0.4, -0.2) is 56.2 Å². The summed E-state index contributed by atoms with van der Waals surface area (Å²) in [6.07, 6.45) is 0.825. The molecule has 0 aromatic heterocycles. The van der Waals surface area contributed by atoms with E-state index in [1.807, 2.05) is 6.92 Å². The molecule has 1 unspecified atom stereocenters. The van der Waals surface area contributed by atoms with Gasteiger partial charge in [-0.05, 0) is 44.0 Å². The Balaban J connectivity index is 1.44. The third-order valence-corrected chi connectivity index (χ3v) is 7.44. The lowest BCUT2D eigenvalue weighted by atomic mass is 10.2. The first-order valence-electron chi connectivity index (χ1n) is 10.2. The minimum atomic E-state index is -3.87. The normalized spacial score (nSPS) is 18.7. The van der Waals surface area contributed by atoms with E-state index in [1.165, 1.54) is 17.0 Å². The average Bonchev–Trinajstić information content (AvgIpc) is 3.28. The molecule has 2 aliphatic rings. The molecule has 2 heterocycles. The number of rotatable bonds is 5. The molecule has 32 heavy (non-hydrogen) atoms. The van der Waals surface area contributed by atoms with E-state index in [0.29, 0.717) is 24.2 Å². The average molecular weight is 458 g/mol. The lowest BCUT2D eigenvalue weighted by molar-refractivity contribution is -0.151. The van der Waals surface area contributed by atoms with Gasteiger partial charge in [0.15, 0.2) is 6.61 Å². The number of fused-ring (bicyclic) bond motifs is 1. The van der Waals surface area contributed by atoms with Gasteiger partial charge in [-0.1, -0.05) is 29.8 Å². The number of carbonyl (C=O) groups excluding carboxylic acids is 3. The summed E-state index contributed by atoms with van der Waals surface area (Å²) in [6, 6.07) is 12.2. The Morgan fingerprint density at radius 1 is 1.12 bits per heavy atom. The van der Waals surface area contributed by atoms with Crippen molar-refractivity contribution in [2.24, 2.45) is 0 Å². The Hall–Kier alpha value is -3.24. The molecule has 0 saturated carbocycles. The molecular formula is C22H23N3O6S.